The van der Waals surface area contributed by atoms with E-state index in [1.54, 1.807) is 11.0 Å². The van der Waals surface area contributed by atoms with Crippen molar-refractivity contribution in [1.29, 1.82) is 0 Å². The summed E-state index contributed by atoms with van der Waals surface area (Å²) in [4.78, 5) is 18.6. The van der Waals surface area contributed by atoms with Gasteiger partial charge in [0.1, 0.15) is 17.7 Å². The zero-order valence-electron chi connectivity index (χ0n) is 14.2. The molecule has 3 aromatic rings. The zero-order valence-corrected chi connectivity index (χ0v) is 15.1. The summed E-state index contributed by atoms with van der Waals surface area (Å²) in [6.45, 7) is 3.40. The molecule has 10 heteroatoms. The quantitative estimate of drug-likeness (QED) is 0.745. The van der Waals surface area contributed by atoms with Crippen LogP contribution in [0.4, 0.5) is 10.8 Å². The Morgan fingerprint density at radius 2 is 2.15 bits per heavy atom. The first-order valence-corrected chi connectivity index (χ1v) is 9.14. The molecule has 1 unspecified atom stereocenters. The van der Waals surface area contributed by atoms with Crippen molar-refractivity contribution < 1.29 is 4.79 Å². The van der Waals surface area contributed by atoms with Crippen LogP contribution in [0.3, 0.4) is 0 Å². The Bertz CT molecular complexity index is 876. The predicted octanol–water partition coefficient (Wildman–Crippen LogP) is 1.68. The lowest BCUT2D eigenvalue weighted by Gasteiger charge is -2.32. The molecule has 0 aromatic carbocycles. The van der Waals surface area contributed by atoms with Gasteiger partial charge < -0.3 is 10.2 Å². The van der Waals surface area contributed by atoms with Gasteiger partial charge in [0.2, 0.25) is 5.91 Å². The Hall–Kier alpha value is -2.88. The van der Waals surface area contributed by atoms with E-state index in [1.807, 2.05) is 25.1 Å². The van der Waals surface area contributed by atoms with E-state index in [0.717, 1.165) is 35.9 Å². The third-order valence-electron chi connectivity index (χ3n) is 4.28. The van der Waals surface area contributed by atoms with E-state index in [-0.39, 0.29) is 11.8 Å². The number of hydrogen-bond donors (Lipinski definition) is 1. The molecule has 1 N–H and O–H groups in total. The second-order valence-electron chi connectivity index (χ2n) is 6.20. The first kappa shape index (κ1) is 16.6. The maximum absolute atomic E-state index is 12.5. The van der Waals surface area contributed by atoms with Gasteiger partial charge in [-0.05, 0) is 49.5 Å². The van der Waals surface area contributed by atoms with Crippen molar-refractivity contribution in [3.8, 4) is 5.82 Å². The first-order chi connectivity index (χ1) is 12.7. The van der Waals surface area contributed by atoms with Crippen molar-refractivity contribution >= 4 is 28.3 Å². The number of nitrogens with one attached hydrogen (secondary N) is 1. The van der Waals surface area contributed by atoms with Crippen molar-refractivity contribution in [2.24, 2.45) is 5.92 Å². The Kier molecular flexibility index (Phi) is 4.57. The molecular weight excluding hydrogens is 352 g/mol. The Morgan fingerprint density at radius 3 is 2.85 bits per heavy atom. The molecule has 0 saturated carbocycles. The number of amides is 1. The van der Waals surface area contributed by atoms with Crippen LogP contribution in [0.2, 0.25) is 0 Å². The normalized spacial score (nSPS) is 17.3. The van der Waals surface area contributed by atoms with Crippen LogP contribution in [0, 0.1) is 12.8 Å². The van der Waals surface area contributed by atoms with E-state index in [4.69, 9.17) is 0 Å². The number of hydrogen-bond acceptors (Lipinski definition) is 8. The fraction of sp³-hybridized carbons (Fsp3) is 0.375. The molecule has 1 fully saturated rings. The number of rotatable bonds is 4. The second kappa shape index (κ2) is 7.16. The smallest absolute Gasteiger partial charge is 0.229 e. The molecule has 0 spiro atoms. The average molecular weight is 370 g/mol. The monoisotopic (exact) mass is 370 g/mol. The van der Waals surface area contributed by atoms with Gasteiger partial charge in [-0.2, -0.15) is 9.47 Å². The lowest BCUT2D eigenvalue weighted by molar-refractivity contribution is -0.120. The number of aromatic nitrogens is 6. The van der Waals surface area contributed by atoms with Crippen molar-refractivity contribution in [2.75, 3.05) is 23.3 Å². The van der Waals surface area contributed by atoms with Gasteiger partial charge in [0.05, 0.1) is 11.6 Å². The molecule has 1 atom stereocenters. The Morgan fingerprint density at radius 1 is 1.31 bits per heavy atom. The van der Waals surface area contributed by atoms with Crippen LogP contribution in [0.1, 0.15) is 18.5 Å². The maximum atomic E-state index is 12.5. The van der Waals surface area contributed by atoms with Crippen LogP contribution >= 0.6 is 11.5 Å². The second-order valence-corrected chi connectivity index (χ2v) is 7.00. The van der Waals surface area contributed by atoms with E-state index >= 15 is 0 Å². The summed E-state index contributed by atoms with van der Waals surface area (Å²) in [5, 5.41) is 16.3. The summed E-state index contributed by atoms with van der Waals surface area (Å²) >= 11 is 1.31. The summed E-state index contributed by atoms with van der Waals surface area (Å²) < 4.78 is 5.75. The minimum atomic E-state index is -0.0806. The van der Waals surface area contributed by atoms with E-state index in [9.17, 15) is 4.79 Å². The average Bonchev–Trinajstić information content (AvgIpc) is 3.34. The van der Waals surface area contributed by atoms with Crippen molar-refractivity contribution in [3.05, 3.63) is 36.5 Å². The minimum absolute atomic E-state index is 0.0329. The molecule has 4 rings (SSSR count). The highest BCUT2D eigenvalue weighted by Gasteiger charge is 2.27. The van der Waals surface area contributed by atoms with E-state index < -0.39 is 0 Å². The molecular formula is C16H18N8OS. The highest BCUT2D eigenvalue weighted by Crippen LogP contribution is 2.24. The number of aryl methyl sites for hydroxylation is 1. The molecule has 0 bridgehead atoms. The molecule has 4 heterocycles. The van der Waals surface area contributed by atoms with Gasteiger partial charge in [0.15, 0.2) is 11.6 Å². The Labute approximate surface area is 154 Å². The molecule has 1 saturated heterocycles. The topological polar surface area (TPSA) is 102 Å². The Balaban J connectivity index is 1.42. The number of piperidine rings is 1. The number of nitrogens with zero attached hydrogens (tertiary/aromatic N) is 7. The van der Waals surface area contributed by atoms with Gasteiger partial charge in [-0.3, -0.25) is 4.79 Å². The van der Waals surface area contributed by atoms with Crippen LogP contribution in [-0.2, 0) is 4.79 Å². The number of anilines is 2. The van der Waals surface area contributed by atoms with Crippen LogP contribution in [0.5, 0.6) is 0 Å². The molecule has 1 amide bonds. The van der Waals surface area contributed by atoms with E-state index in [2.05, 4.69) is 34.9 Å². The minimum Gasteiger partial charge on any atom is -0.354 e. The maximum Gasteiger partial charge on any atom is 0.229 e. The highest BCUT2D eigenvalue weighted by atomic mass is 32.1. The van der Waals surface area contributed by atoms with Crippen molar-refractivity contribution in [2.45, 2.75) is 19.8 Å². The fourth-order valence-corrected chi connectivity index (χ4v) is 3.65. The van der Waals surface area contributed by atoms with E-state index in [0.29, 0.717) is 12.4 Å². The first-order valence-electron chi connectivity index (χ1n) is 8.37. The van der Waals surface area contributed by atoms with Gasteiger partial charge >= 0.3 is 0 Å². The van der Waals surface area contributed by atoms with Gasteiger partial charge in [-0.25, -0.2) is 9.67 Å². The molecule has 0 radical (unpaired) electrons. The van der Waals surface area contributed by atoms with Crippen molar-refractivity contribution in [1.82, 2.24) is 29.3 Å². The van der Waals surface area contributed by atoms with Gasteiger partial charge in [-0.15, -0.1) is 10.2 Å². The molecule has 134 valence electrons. The fourth-order valence-electron chi connectivity index (χ4n) is 2.98. The molecule has 9 nitrogen and oxygen atoms in total. The molecule has 26 heavy (non-hydrogen) atoms. The van der Waals surface area contributed by atoms with Gasteiger partial charge in [0, 0.05) is 13.1 Å². The molecule has 1 aliphatic rings. The third kappa shape index (κ3) is 3.54. The lowest BCUT2D eigenvalue weighted by atomic mass is 9.97. The van der Waals surface area contributed by atoms with Crippen molar-refractivity contribution in [3.63, 3.8) is 0 Å². The number of carbonyl (C=O) groups excluding carboxylic acids is 1. The number of carbonyl (C=O) groups is 1. The summed E-state index contributed by atoms with van der Waals surface area (Å²) in [5.41, 5.74) is 0.915. The summed E-state index contributed by atoms with van der Waals surface area (Å²) in [6, 6.07) is 5.63. The van der Waals surface area contributed by atoms with Crippen LogP contribution in [0.25, 0.3) is 5.82 Å². The van der Waals surface area contributed by atoms with Crippen LogP contribution in [-0.4, -0.2) is 48.3 Å². The summed E-state index contributed by atoms with van der Waals surface area (Å²) in [6.07, 6.45) is 4.83. The summed E-state index contributed by atoms with van der Waals surface area (Å²) in [5.74, 6) is 1.33. The van der Waals surface area contributed by atoms with Gasteiger partial charge in [-0.1, -0.05) is 0 Å². The lowest BCUT2D eigenvalue weighted by Crippen LogP contribution is -2.41. The SMILES string of the molecule is Cc1cc(NC(=O)C2CCCN(c3ccc(-n4cncn4)nn3)C2)sn1. The molecule has 0 aliphatic carbocycles. The van der Waals surface area contributed by atoms with E-state index in [1.165, 1.54) is 17.9 Å². The predicted molar refractivity (Wildman–Crippen MR) is 97.4 cm³/mol. The molecule has 3 aromatic heterocycles. The third-order valence-corrected chi connectivity index (χ3v) is 5.08. The van der Waals surface area contributed by atoms with Gasteiger partial charge in [0.25, 0.3) is 0 Å². The van der Waals surface area contributed by atoms with Crippen LogP contribution < -0.4 is 10.2 Å². The summed E-state index contributed by atoms with van der Waals surface area (Å²) in [7, 11) is 0. The van der Waals surface area contributed by atoms with Crippen LogP contribution in [0.15, 0.2) is 30.9 Å². The highest BCUT2D eigenvalue weighted by molar-refractivity contribution is 7.10. The zero-order chi connectivity index (χ0) is 17.9. The molecule has 1 aliphatic heterocycles. The standard InChI is InChI=1S/C16H18N8OS/c1-11-7-15(26-22-11)19-16(25)12-3-2-6-23(8-12)13-4-5-14(21-20-13)24-10-17-9-18-24/h4-5,7,9-10,12H,2-3,6,8H2,1H3,(H,19,25). The largest absolute Gasteiger partial charge is 0.354 e.